The van der Waals surface area contributed by atoms with E-state index in [1.54, 1.807) is 55.6 Å². The van der Waals surface area contributed by atoms with E-state index in [0.717, 1.165) is 5.56 Å². The number of nitrogens with one attached hydrogen (secondary N) is 2. The highest BCUT2D eigenvalue weighted by Crippen LogP contribution is 2.24. The molecule has 0 fully saturated rings. The van der Waals surface area contributed by atoms with Crippen LogP contribution in [0.2, 0.25) is 0 Å². The molecule has 0 saturated carbocycles. The van der Waals surface area contributed by atoms with Gasteiger partial charge in [0.25, 0.3) is 15.9 Å². The Kier molecular flexibility index (Phi) is 6.09. The predicted octanol–water partition coefficient (Wildman–Crippen LogP) is 4.11. The second kappa shape index (κ2) is 9.13. The topological polar surface area (TPSA) is 123 Å². The van der Waals surface area contributed by atoms with E-state index < -0.39 is 15.9 Å². The molecule has 0 unspecified atom stereocenters. The number of anilines is 2. The number of amides is 1. The van der Waals surface area contributed by atoms with Crippen LogP contribution < -0.4 is 14.8 Å². The van der Waals surface area contributed by atoms with Gasteiger partial charge in [-0.2, -0.15) is 0 Å². The number of sulfonamides is 1. The second-order valence-electron chi connectivity index (χ2n) is 7.06. The minimum absolute atomic E-state index is 0.0874. The van der Waals surface area contributed by atoms with Gasteiger partial charge in [-0.1, -0.05) is 34.9 Å². The van der Waals surface area contributed by atoms with Gasteiger partial charge in [-0.05, 0) is 55.5 Å². The Hall–Kier alpha value is -4.18. The Bertz CT molecular complexity index is 1380. The molecular formula is C23H20N4O5S. The third-order valence-electron chi connectivity index (χ3n) is 4.73. The maximum Gasteiger partial charge on any atom is 0.322 e. The molecule has 0 atom stereocenters. The van der Waals surface area contributed by atoms with Crippen molar-refractivity contribution < 1.29 is 22.4 Å². The van der Waals surface area contributed by atoms with E-state index in [1.165, 1.54) is 24.3 Å². The number of rotatable bonds is 7. The Morgan fingerprint density at radius 1 is 0.939 bits per heavy atom. The van der Waals surface area contributed by atoms with Crippen LogP contribution in [0, 0.1) is 6.92 Å². The first kappa shape index (κ1) is 22.0. The molecule has 33 heavy (non-hydrogen) atoms. The zero-order chi connectivity index (χ0) is 23.4. The molecule has 0 aliphatic heterocycles. The molecule has 0 spiro atoms. The fourth-order valence-corrected chi connectivity index (χ4v) is 4.06. The number of aryl methyl sites for hydroxylation is 1. The van der Waals surface area contributed by atoms with Gasteiger partial charge in [-0.15, -0.1) is 5.10 Å². The lowest BCUT2D eigenvalue weighted by molar-refractivity contribution is 0.102. The molecule has 4 rings (SSSR count). The van der Waals surface area contributed by atoms with E-state index >= 15 is 0 Å². The van der Waals surface area contributed by atoms with Crippen molar-refractivity contribution in [2.45, 2.75) is 11.8 Å². The summed E-state index contributed by atoms with van der Waals surface area (Å²) < 4.78 is 38.6. The van der Waals surface area contributed by atoms with E-state index in [9.17, 15) is 13.2 Å². The molecule has 3 aromatic carbocycles. The molecule has 10 heteroatoms. The molecule has 168 valence electrons. The first-order chi connectivity index (χ1) is 15.9. The zero-order valence-electron chi connectivity index (χ0n) is 17.8. The van der Waals surface area contributed by atoms with Crippen molar-refractivity contribution in [2.24, 2.45) is 0 Å². The van der Waals surface area contributed by atoms with Gasteiger partial charge in [0.2, 0.25) is 5.89 Å². The minimum Gasteiger partial charge on any atom is -0.497 e. The number of aromatic nitrogens is 2. The summed E-state index contributed by atoms with van der Waals surface area (Å²) in [6.45, 7) is 1.86. The van der Waals surface area contributed by atoms with Crippen LogP contribution in [0.1, 0.15) is 15.9 Å². The largest absolute Gasteiger partial charge is 0.497 e. The number of hydrogen-bond acceptors (Lipinski definition) is 7. The van der Waals surface area contributed by atoms with Gasteiger partial charge in [0, 0.05) is 5.56 Å². The molecular weight excluding hydrogens is 444 g/mol. The standard InChI is InChI=1S/C23H20N4O5S/c1-15-7-13-18(14-8-15)33(29,30)27-20-6-4-3-5-19(20)21(28)24-23-26-25-22(32-23)16-9-11-17(31-2)12-10-16/h3-14,27H,1-2H3,(H,24,26,28). The second-order valence-corrected chi connectivity index (χ2v) is 8.74. The van der Waals surface area contributed by atoms with Gasteiger partial charge < -0.3 is 9.15 Å². The summed E-state index contributed by atoms with van der Waals surface area (Å²) in [5, 5.41) is 10.3. The monoisotopic (exact) mass is 464 g/mol. The molecule has 4 aromatic rings. The fraction of sp³-hybridized carbons (Fsp3) is 0.0870. The Labute approximate surface area is 190 Å². The highest BCUT2D eigenvalue weighted by Gasteiger charge is 2.20. The average Bonchev–Trinajstić information content (AvgIpc) is 3.28. The first-order valence-electron chi connectivity index (χ1n) is 9.83. The highest BCUT2D eigenvalue weighted by molar-refractivity contribution is 7.92. The molecule has 1 aromatic heterocycles. The molecule has 0 bridgehead atoms. The van der Waals surface area contributed by atoms with Crippen molar-refractivity contribution in [1.29, 1.82) is 0 Å². The van der Waals surface area contributed by atoms with Crippen molar-refractivity contribution in [3.8, 4) is 17.2 Å². The summed E-state index contributed by atoms with van der Waals surface area (Å²) in [5.41, 5.74) is 1.79. The lowest BCUT2D eigenvalue weighted by Crippen LogP contribution is -2.18. The molecule has 9 nitrogen and oxygen atoms in total. The van der Waals surface area contributed by atoms with E-state index in [1.807, 2.05) is 6.92 Å². The van der Waals surface area contributed by atoms with Crippen LogP contribution in [0.3, 0.4) is 0 Å². The van der Waals surface area contributed by atoms with E-state index in [0.29, 0.717) is 11.3 Å². The van der Waals surface area contributed by atoms with Crippen LogP contribution in [0.4, 0.5) is 11.7 Å². The lowest BCUT2D eigenvalue weighted by Gasteiger charge is -2.12. The van der Waals surface area contributed by atoms with Crippen LogP contribution in [-0.2, 0) is 10.0 Å². The number of carbonyl (C=O) groups is 1. The third kappa shape index (κ3) is 5.01. The van der Waals surface area contributed by atoms with Gasteiger partial charge in [-0.3, -0.25) is 14.8 Å². The predicted molar refractivity (Wildman–Crippen MR) is 123 cm³/mol. The Morgan fingerprint density at radius 2 is 1.64 bits per heavy atom. The summed E-state index contributed by atoms with van der Waals surface area (Å²) in [4.78, 5) is 12.9. The van der Waals surface area contributed by atoms with Crippen LogP contribution >= 0.6 is 0 Å². The smallest absolute Gasteiger partial charge is 0.322 e. The fourth-order valence-electron chi connectivity index (χ4n) is 2.98. The van der Waals surface area contributed by atoms with Crippen molar-refractivity contribution in [3.05, 3.63) is 83.9 Å². The Balaban J connectivity index is 1.53. The SMILES string of the molecule is COc1ccc(-c2nnc(NC(=O)c3ccccc3NS(=O)(=O)c3ccc(C)cc3)o2)cc1. The zero-order valence-corrected chi connectivity index (χ0v) is 18.6. The summed E-state index contributed by atoms with van der Waals surface area (Å²) in [7, 11) is -2.32. The lowest BCUT2D eigenvalue weighted by atomic mass is 10.2. The van der Waals surface area contributed by atoms with E-state index in [2.05, 4.69) is 20.2 Å². The number of nitrogens with zero attached hydrogens (tertiary/aromatic N) is 2. The van der Waals surface area contributed by atoms with E-state index in [4.69, 9.17) is 9.15 Å². The number of methoxy groups -OCH3 is 1. The van der Waals surface area contributed by atoms with Crippen LogP contribution in [0.15, 0.2) is 82.1 Å². The van der Waals surface area contributed by atoms with Gasteiger partial charge >= 0.3 is 6.01 Å². The van der Waals surface area contributed by atoms with Gasteiger partial charge in [0.05, 0.1) is 23.3 Å². The highest BCUT2D eigenvalue weighted by atomic mass is 32.2. The number of hydrogen-bond donors (Lipinski definition) is 2. The molecule has 0 aliphatic rings. The van der Waals surface area contributed by atoms with Gasteiger partial charge in [0.15, 0.2) is 0 Å². The van der Waals surface area contributed by atoms with Crippen molar-refractivity contribution in [2.75, 3.05) is 17.1 Å². The van der Waals surface area contributed by atoms with E-state index in [-0.39, 0.29) is 28.1 Å². The first-order valence-corrected chi connectivity index (χ1v) is 11.3. The summed E-state index contributed by atoms with van der Waals surface area (Å²) in [6.07, 6.45) is 0. The molecule has 0 saturated heterocycles. The van der Waals surface area contributed by atoms with Crippen molar-refractivity contribution in [3.63, 3.8) is 0 Å². The summed E-state index contributed by atoms with van der Waals surface area (Å²) in [6, 6.07) is 19.5. The average molecular weight is 465 g/mol. The normalized spacial score (nSPS) is 11.1. The molecule has 2 N–H and O–H groups in total. The maximum atomic E-state index is 12.8. The molecule has 0 radical (unpaired) electrons. The summed E-state index contributed by atoms with van der Waals surface area (Å²) >= 11 is 0. The molecule has 1 heterocycles. The van der Waals surface area contributed by atoms with Crippen LogP contribution in [0.25, 0.3) is 11.5 Å². The van der Waals surface area contributed by atoms with Crippen molar-refractivity contribution in [1.82, 2.24) is 10.2 Å². The quantitative estimate of drug-likeness (QED) is 0.422. The number of para-hydroxylation sites is 1. The number of benzene rings is 3. The molecule has 0 aliphatic carbocycles. The maximum absolute atomic E-state index is 12.8. The Morgan fingerprint density at radius 3 is 2.33 bits per heavy atom. The van der Waals surface area contributed by atoms with Gasteiger partial charge in [-0.25, -0.2) is 8.42 Å². The number of ether oxygens (including phenoxy) is 1. The number of carbonyl (C=O) groups excluding carboxylic acids is 1. The molecule has 1 amide bonds. The third-order valence-corrected chi connectivity index (χ3v) is 6.11. The van der Waals surface area contributed by atoms with Crippen LogP contribution in [0.5, 0.6) is 5.75 Å². The summed E-state index contributed by atoms with van der Waals surface area (Å²) in [5.74, 6) is 0.278. The van der Waals surface area contributed by atoms with Crippen LogP contribution in [-0.4, -0.2) is 31.6 Å². The van der Waals surface area contributed by atoms with Gasteiger partial charge in [0.1, 0.15) is 5.75 Å². The minimum atomic E-state index is -3.89. The van der Waals surface area contributed by atoms with Crippen molar-refractivity contribution >= 4 is 27.6 Å².